The van der Waals surface area contributed by atoms with E-state index in [1.54, 1.807) is 12.1 Å². The fourth-order valence-corrected chi connectivity index (χ4v) is 2.55. The van der Waals surface area contributed by atoms with Crippen LogP contribution in [0.5, 0.6) is 0 Å². The minimum absolute atomic E-state index is 0.0431. The van der Waals surface area contributed by atoms with Crippen molar-refractivity contribution in [3.63, 3.8) is 0 Å². The fourth-order valence-electron chi connectivity index (χ4n) is 2.55. The number of alkyl halides is 3. The molecule has 5 nitrogen and oxygen atoms in total. The van der Waals surface area contributed by atoms with Gasteiger partial charge in [-0.25, -0.2) is 4.68 Å². The van der Waals surface area contributed by atoms with E-state index in [2.05, 4.69) is 15.7 Å². The monoisotopic (exact) mass is 324 g/mol. The second-order valence-corrected chi connectivity index (χ2v) is 5.34. The van der Waals surface area contributed by atoms with Gasteiger partial charge in [-0.15, -0.1) is 0 Å². The highest BCUT2D eigenvalue weighted by atomic mass is 19.4. The summed E-state index contributed by atoms with van der Waals surface area (Å²) in [5, 5.41) is 9.70. The van der Waals surface area contributed by atoms with Crippen LogP contribution in [-0.4, -0.2) is 34.8 Å². The number of hydrogen-bond acceptors (Lipinski definition) is 3. The molecule has 2 heterocycles. The van der Waals surface area contributed by atoms with Gasteiger partial charge in [0.2, 0.25) is 0 Å². The molecule has 0 radical (unpaired) electrons. The molecule has 8 heteroatoms. The number of benzene rings is 1. The molecular formula is C15H15F3N4O. The van der Waals surface area contributed by atoms with E-state index in [0.29, 0.717) is 12.1 Å². The predicted molar refractivity (Wildman–Crippen MR) is 77.3 cm³/mol. The van der Waals surface area contributed by atoms with E-state index in [1.165, 1.54) is 12.1 Å². The average molecular weight is 324 g/mol. The summed E-state index contributed by atoms with van der Waals surface area (Å²) in [5.74, 6) is -0.304. The molecule has 2 aromatic rings. The molecule has 2 N–H and O–H groups in total. The standard InChI is InChI=1S/C15H15F3N4O/c16-15(17,18)13-5-7-20-22(13)12-3-1-2-10(8-12)14(23)21-11-4-6-19-9-11/h1-3,5,7-8,11,19H,4,6,9H2,(H,21,23). The molecule has 122 valence electrons. The lowest BCUT2D eigenvalue weighted by Crippen LogP contribution is -2.36. The largest absolute Gasteiger partial charge is 0.433 e. The van der Waals surface area contributed by atoms with Crippen LogP contribution in [0.3, 0.4) is 0 Å². The van der Waals surface area contributed by atoms with Crippen LogP contribution in [0.4, 0.5) is 13.2 Å². The summed E-state index contributed by atoms with van der Waals surface area (Å²) in [6.45, 7) is 1.54. The Hall–Kier alpha value is -2.35. The third kappa shape index (κ3) is 3.37. The molecule has 1 fully saturated rings. The smallest absolute Gasteiger partial charge is 0.348 e. The van der Waals surface area contributed by atoms with Crippen molar-refractivity contribution in [3.05, 3.63) is 47.8 Å². The van der Waals surface area contributed by atoms with Crippen molar-refractivity contribution < 1.29 is 18.0 Å². The molecule has 0 saturated carbocycles. The van der Waals surface area contributed by atoms with Crippen LogP contribution in [0.1, 0.15) is 22.5 Å². The van der Waals surface area contributed by atoms with Crippen molar-refractivity contribution in [1.82, 2.24) is 20.4 Å². The zero-order valence-electron chi connectivity index (χ0n) is 12.1. The van der Waals surface area contributed by atoms with Crippen molar-refractivity contribution in [2.75, 3.05) is 13.1 Å². The number of aromatic nitrogens is 2. The van der Waals surface area contributed by atoms with Crippen molar-refractivity contribution in [3.8, 4) is 5.69 Å². The van der Waals surface area contributed by atoms with Gasteiger partial charge < -0.3 is 10.6 Å². The third-order valence-electron chi connectivity index (χ3n) is 3.68. The van der Waals surface area contributed by atoms with Crippen LogP contribution in [0.2, 0.25) is 0 Å². The fraction of sp³-hybridized carbons (Fsp3) is 0.333. The minimum Gasteiger partial charge on any atom is -0.348 e. The number of carbonyl (C=O) groups is 1. The maximum absolute atomic E-state index is 12.9. The first kappa shape index (κ1) is 15.5. The van der Waals surface area contributed by atoms with Crippen LogP contribution in [-0.2, 0) is 6.18 Å². The van der Waals surface area contributed by atoms with Crippen LogP contribution in [0, 0.1) is 0 Å². The quantitative estimate of drug-likeness (QED) is 0.908. The van der Waals surface area contributed by atoms with Gasteiger partial charge in [0, 0.05) is 18.2 Å². The lowest BCUT2D eigenvalue weighted by Gasteiger charge is -2.13. The topological polar surface area (TPSA) is 59.0 Å². The molecule has 1 amide bonds. The average Bonchev–Trinajstić information content (AvgIpc) is 3.18. The van der Waals surface area contributed by atoms with E-state index >= 15 is 0 Å². The molecule has 1 aliphatic heterocycles. The van der Waals surface area contributed by atoms with Crippen LogP contribution < -0.4 is 10.6 Å². The molecule has 1 unspecified atom stereocenters. The molecule has 1 saturated heterocycles. The Labute approximate surface area is 130 Å². The summed E-state index contributed by atoms with van der Waals surface area (Å²) in [4.78, 5) is 12.2. The lowest BCUT2D eigenvalue weighted by molar-refractivity contribution is -0.142. The Balaban J connectivity index is 1.85. The number of hydrogen-bond donors (Lipinski definition) is 2. The van der Waals surface area contributed by atoms with E-state index in [4.69, 9.17) is 0 Å². The highest BCUT2D eigenvalue weighted by Crippen LogP contribution is 2.30. The highest BCUT2D eigenvalue weighted by Gasteiger charge is 2.35. The zero-order chi connectivity index (χ0) is 16.4. The Bertz CT molecular complexity index is 705. The van der Waals surface area contributed by atoms with E-state index in [1.807, 2.05) is 0 Å². The van der Waals surface area contributed by atoms with Crippen LogP contribution >= 0.6 is 0 Å². The summed E-state index contributed by atoms with van der Waals surface area (Å²) in [6.07, 6.45) is -2.59. The zero-order valence-corrected chi connectivity index (χ0v) is 12.1. The molecule has 0 spiro atoms. The van der Waals surface area contributed by atoms with Crippen molar-refractivity contribution >= 4 is 5.91 Å². The highest BCUT2D eigenvalue weighted by molar-refractivity contribution is 5.95. The molecule has 0 aliphatic carbocycles. The van der Waals surface area contributed by atoms with E-state index in [-0.39, 0.29) is 17.6 Å². The van der Waals surface area contributed by atoms with Gasteiger partial charge in [0.25, 0.3) is 5.91 Å². The predicted octanol–water partition coefficient (Wildman–Crippen LogP) is 1.98. The van der Waals surface area contributed by atoms with Crippen LogP contribution in [0.15, 0.2) is 36.5 Å². The first-order valence-electron chi connectivity index (χ1n) is 7.18. The summed E-state index contributed by atoms with van der Waals surface area (Å²) in [7, 11) is 0. The Morgan fingerprint density at radius 1 is 1.35 bits per heavy atom. The third-order valence-corrected chi connectivity index (χ3v) is 3.68. The number of amides is 1. The summed E-state index contributed by atoms with van der Waals surface area (Å²) < 4.78 is 39.6. The van der Waals surface area contributed by atoms with Gasteiger partial charge in [0.1, 0.15) is 5.69 Å². The first-order valence-corrected chi connectivity index (χ1v) is 7.18. The molecule has 3 rings (SSSR count). The summed E-state index contributed by atoms with van der Waals surface area (Å²) in [6, 6.07) is 6.94. The summed E-state index contributed by atoms with van der Waals surface area (Å²) in [5.41, 5.74) is -0.382. The Kier molecular flexibility index (Phi) is 4.08. The Morgan fingerprint density at radius 3 is 2.87 bits per heavy atom. The van der Waals surface area contributed by atoms with Gasteiger partial charge in [-0.05, 0) is 37.2 Å². The lowest BCUT2D eigenvalue weighted by atomic mass is 10.1. The molecule has 1 atom stereocenters. The van der Waals surface area contributed by atoms with Gasteiger partial charge in [0.15, 0.2) is 0 Å². The number of rotatable bonds is 3. The van der Waals surface area contributed by atoms with Gasteiger partial charge in [0.05, 0.1) is 11.9 Å². The number of nitrogens with one attached hydrogen (secondary N) is 2. The van der Waals surface area contributed by atoms with Crippen molar-refractivity contribution in [2.45, 2.75) is 18.6 Å². The maximum Gasteiger partial charge on any atom is 0.433 e. The van der Waals surface area contributed by atoms with Crippen LogP contribution in [0.25, 0.3) is 5.69 Å². The van der Waals surface area contributed by atoms with Gasteiger partial charge in [-0.1, -0.05) is 6.07 Å². The molecule has 1 aromatic heterocycles. The van der Waals surface area contributed by atoms with Gasteiger partial charge in [-0.3, -0.25) is 4.79 Å². The Morgan fingerprint density at radius 2 is 2.17 bits per heavy atom. The number of halogens is 3. The molecule has 23 heavy (non-hydrogen) atoms. The minimum atomic E-state index is -4.51. The van der Waals surface area contributed by atoms with E-state index in [0.717, 1.165) is 29.9 Å². The maximum atomic E-state index is 12.9. The number of carbonyl (C=O) groups excluding carboxylic acids is 1. The second kappa shape index (κ2) is 6.04. The molecular weight excluding hydrogens is 309 g/mol. The molecule has 1 aliphatic rings. The number of nitrogens with zero attached hydrogens (tertiary/aromatic N) is 2. The van der Waals surface area contributed by atoms with Crippen molar-refractivity contribution in [1.29, 1.82) is 0 Å². The molecule has 0 bridgehead atoms. The first-order chi connectivity index (χ1) is 10.9. The molecule has 1 aromatic carbocycles. The van der Waals surface area contributed by atoms with E-state index in [9.17, 15) is 18.0 Å². The second-order valence-electron chi connectivity index (χ2n) is 5.34. The normalized spacial score (nSPS) is 18.1. The summed E-state index contributed by atoms with van der Waals surface area (Å²) >= 11 is 0. The van der Waals surface area contributed by atoms with Crippen molar-refractivity contribution in [2.24, 2.45) is 0 Å². The van der Waals surface area contributed by atoms with Gasteiger partial charge in [-0.2, -0.15) is 18.3 Å². The van der Waals surface area contributed by atoms with Gasteiger partial charge >= 0.3 is 6.18 Å². The van der Waals surface area contributed by atoms with E-state index < -0.39 is 11.9 Å². The SMILES string of the molecule is O=C(NC1CCNC1)c1cccc(-n2nccc2C(F)(F)F)c1.